The van der Waals surface area contributed by atoms with Gasteiger partial charge in [-0.2, -0.15) is 0 Å². The maximum atomic E-state index is 11.2. The van der Waals surface area contributed by atoms with E-state index < -0.39 is 0 Å². The van der Waals surface area contributed by atoms with Crippen LogP contribution in [0.1, 0.15) is 53.4 Å². The first kappa shape index (κ1) is 10.7. The van der Waals surface area contributed by atoms with Gasteiger partial charge in [0.15, 0.2) is 0 Å². The summed E-state index contributed by atoms with van der Waals surface area (Å²) in [7, 11) is 0. The molecule has 0 amide bonds. The van der Waals surface area contributed by atoms with Crippen LogP contribution in [0.15, 0.2) is 0 Å². The largest absolute Gasteiger partial charge is 0.300 e. The van der Waals surface area contributed by atoms with E-state index in [1.165, 1.54) is 25.7 Å². The van der Waals surface area contributed by atoms with E-state index in [9.17, 15) is 4.79 Å². The minimum atomic E-state index is 0.288. The summed E-state index contributed by atoms with van der Waals surface area (Å²) in [5.74, 6) is 1.31. The molecule has 0 N–H and O–H groups in total. The number of hydrogen-bond donors (Lipinski definition) is 0. The Bertz CT molecular complexity index is 183. The third-order valence-electron chi connectivity index (χ3n) is 3.73. The van der Waals surface area contributed by atoms with E-state index in [1.54, 1.807) is 6.92 Å². The molecular formula is C12H22O. The Hall–Kier alpha value is -0.330. The quantitative estimate of drug-likeness (QED) is 0.639. The van der Waals surface area contributed by atoms with Gasteiger partial charge in [0.2, 0.25) is 0 Å². The van der Waals surface area contributed by atoms with Crippen molar-refractivity contribution in [2.75, 3.05) is 0 Å². The van der Waals surface area contributed by atoms with Crippen LogP contribution in [0.5, 0.6) is 0 Å². The van der Waals surface area contributed by atoms with Crippen LogP contribution in [-0.2, 0) is 4.79 Å². The molecule has 0 aromatic heterocycles. The Morgan fingerprint density at radius 3 is 2.15 bits per heavy atom. The molecule has 0 spiro atoms. The van der Waals surface area contributed by atoms with E-state index in [0.29, 0.717) is 17.1 Å². The van der Waals surface area contributed by atoms with Gasteiger partial charge in [0, 0.05) is 5.92 Å². The van der Waals surface area contributed by atoms with Gasteiger partial charge in [-0.25, -0.2) is 0 Å². The van der Waals surface area contributed by atoms with Crippen LogP contribution < -0.4 is 0 Å². The second kappa shape index (κ2) is 3.81. The molecule has 0 unspecified atom stereocenters. The molecule has 0 radical (unpaired) electrons. The lowest BCUT2D eigenvalue weighted by Gasteiger charge is -2.36. The molecule has 1 rings (SSSR count). The number of ketones is 1. The summed E-state index contributed by atoms with van der Waals surface area (Å²) in [6.45, 7) is 8.49. The Morgan fingerprint density at radius 2 is 1.77 bits per heavy atom. The molecule has 0 aromatic carbocycles. The summed E-state index contributed by atoms with van der Waals surface area (Å²) in [5.41, 5.74) is 0.521. The summed E-state index contributed by atoms with van der Waals surface area (Å²) in [6.07, 6.45) is 5.06. The van der Waals surface area contributed by atoms with Crippen molar-refractivity contribution in [1.82, 2.24) is 0 Å². The van der Waals surface area contributed by atoms with Crippen molar-refractivity contribution >= 4 is 5.78 Å². The summed E-state index contributed by atoms with van der Waals surface area (Å²) >= 11 is 0. The fourth-order valence-corrected chi connectivity index (χ4v) is 2.25. The van der Waals surface area contributed by atoms with Crippen molar-refractivity contribution in [3.8, 4) is 0 Å². The molecule has 1 heteroatoms. The lowest BCUT2D eigenvalue weighted by atomic mass is 9.69. The molecule has 0 heterocycles. The predicted octanol–water partition coefficient (Wildman–Crippen LogP) is 3.43. The van der Waals surface area contributed by atoms with Crippen LogP contribution in [0.25, 0.3) is 0 Å². The average Bonchev–Trinajstić information content (AvgIpc) is 2.03. The van der Waals surface area contributed by atoms with Crippen molar-refractivity contribution in [3.05, 3.63) is 0 Å². The van der Waals surface area contributed by atoms with Gasteiger partial charge in [-0.05, 0) is 43.9 Å². The Labute approximate surface area is 81.9 Å². The first-order valence-electron chi connectivity index (χ1n) is 5.43. The van der Waals surface area contributed by atoms with Gasteiger partial charge in [-0.15, -0.1) is 0 Å². The van der Waals surface area contributed by atoms with Gasteiger partial charge < -0.3 is 0 Å². The Morgan fingerprint density at radius 1 is 1.31 bits per heavy atom. The topological polar surface area (TPSA) is 17.1 Å². The molecule has 0 bridgehead atoms. The Kier molecular flexibility index (Phi) is 3.15. The highest BCUT2D eigenvalue weighted by atomic mass is 16.1. The van der Waals surface area contributed by atoms with E-state index in [4.69, 9.17) is 0 Å². The number of Topliss-reactive ketones (excluding diaryl/α,β-unsaturated/α-hetero) is 1. The average molecular weight is 182 g/mol. The SMILES string of the molecule is CC(=O)[C@@H](C)C1CCC(C)(C)CC1. The summed E-state index contributed by atoms with van der Waals surface area (Å²) in [5, 5.41) is 0. The van der Waals surface area contributed by atoms with Crippen LogP contribution >= 0.6 is 0 Å². The lowest BCUT2D eigenvalue weighted by molar-refractivity contribution is -0.122. The van der Waals surface area contributed by atoms with Crippen molar-refractivity contribution in [2.24, 2.45) is 17.3 Å². The van der Waals surface area contributed by atoms with Crippen LogP contribution in [0.3, 0.4) is 0 Å². The minimum absolute atomic E-state index is 0.288. The van der Waals surface area contributed by atoms with Gasteiger partial charge >= 0.3 is 0 Å². The second-order valence-corrected chi connectivity index (χ2v) is 5.40. The molecule has 0 aliphatic heterocycles. The van der Waals surface area contributed by atoms with E-state index in [-0.39, 0.29) is 5.92 Å². The maximum absolute atomic E-state index is 11.2. The molecule has 1 aliphatic carbocycles. The predicted molar refractivity (Wildman–Crippen MR) is 55.6 cm³/mol. The molecule has 0 aromatic rings. The molecule has 1 fully saturated rings. The molecule has 0 saturated heterocycles. The molecule has 1 aliphatic rings. The van der Waals surface area contributed by atoms with E-state index >= 15 is 0 Å². The van der Waals surface area contributed by atoms with E-state index in [0.717, 1.165) is 0 Å². The van der Waals surface area contributed by atoms with Crippen LogP contribution in [0.4, 0.5) is 0 Å². The fraction of sp³-hybridized carbons (Fsp3) is 0.917. The van der Waals surface area contributed by atoms with Crippen molar-refractivity contribution in [3.63, 3.8) is 0 Å². The molecule has 1 nitrogen and oxygen atoms in total. The van der Waals surface area contributed by atoms with Gasteiger partial charge in [0.25, 0.3) is 0 Å². The van der Waals surface area contributed by atoms with Gasteiger partial charge in [-0.1, -0.05) is 20.8 Å². The highest BCUT2D eigenvalue weighted by Gasteiger charge is 2.30. The van der Waals surface area contributed by atoms with Gasteiger partial charge in [0.1, 0.15) is 5.78 Å². The molecule has 1 atom stereocenters. The van der Waals surface area contributed by atoms with Crippen LogP contribution in [-0.4, -0.2) is 5.78 Å². The van der Waals surface area contributed by atoms with Crippen molar-refractivity contribution in [1.29, 1.82) is 0 Å². The van der Waals surface area contributed by atoms with Crippen molar-refractivity contribution in [2.45, 2.75) is 53.4 Å². The normalized spacial score (nSPS) is 25.5. The zero-order valence-corrected chi connectivity index (χ0v) is 9.39. The monoisotopic (exact) mass is 182 g/mol. The zero-order valence-electron chi connectivity index (χ0n) is 9.39. The summed E-state index contributed by atoms with van der Waals surface area (Å²) < 4.78 is 0. The van der Waals surface area contributed by atoms with E-state index in [1.807, 2.05) is 0 Å². The maximum Gasteiger partial charge on any atom is 0.132 e. The first-order chi connectivity index (χ1) is 5.92. The number of rotatable bonds is 2. The summed E-state index contributed by atoms with van der Waals surface area (Å²) in [6, 6.07) is 0. The van der Waals surface area contributed by atoms with Gasteiger partial charge in [0.05, 0.1) is 0 Å². The first-order valence-corrected chi connectivity index (χ1v) is 5.43. The number of carbonyl (C=O) groups excluding carboxylic acids is 1. The number of carbonyl (C=O) groups is 1. The molecule has 76 valence electrons. The third-order valence-corrected chi connectivity index (χ3v) is 3.73. The van der Waals surface area contributed by atoms with Crippen LogP contribution in [0.2, 0.25) is 0 Å². The van der Waals surface area contributed by atoms with Crippen LogP contribution in [0, 0.1) is 17.3 Å². The molecule has 13 heavy (non-hydrogen) atoms. The minimum Gasteiger partial charge on any atom is -0.300 e. The fourth-order valence-electron chi connectivity index (χ4n) is 2.25. The zero-order chi connectivity index (χ0) is 10.1. The number of hydrogen-bond acceptors (Lipinski definition) is 1. The molecular weight excluding hydrogens is 160 g/mol. The Balaban J connectivity index is 2.45. The third kappa shape index (κ3) is 2.82. The lowest BCUT2D eigenvalue weighted by Crippen LogP contribution is -2.27. The standard InChI is InChI=1S/C12H22O/c1-9(10(2)13)11-5-7-12(3,4)8-6-11/h9,11H,5-8H2,1-4H3/t9-/m1/s1. The summed E-state index contributed by atoms with van der Waals surface area (Å²) in [4.78, 5) is 11.2. The smallest absolute Gasteiger partial charge is 0.132 e. The van der Waals surface area contributed by atoms with Gasteiger partial charge in [-0.3, -0.25) is 4.79 Å². The van der Waals surface area contributed by atoms with Crippen molar-refractivity contribution < 1.29 is 4.79 Å². The highest BCUT2D eigenvalue weighted by Crippen LogP contribution is 2.40. The second-order valence-electron chi connectivity index (χ2n) is 5.40. The highest BCUT2D eigenvalue weighted by molar-refractivity contribution is 5.78. The molecule has 1 saturated carbocycles. The van der Waals surface area contributed by atoms with E-state index in [2.05, 4.69) is 20.8 Å².